The highest BCUT2D eigenvalue weighted by Gasteiger charge is 2.41. The first-order valence-electron chi connectivity index (χ1n) is 16.4. The lowest BCUT2D eigenvalue weighted by molar-refractivity contribution is -0.144. The van der Waals surface area contributed by atoms with E-state index in [0.717, 1.165) is 36.0 Å². The van der Waals surface area contributed by atoms with Gasteiger partial charge in [-0.3, -0.25) is 19.3 Å². The number of halogens is 2. The minimum Gasteiger partial charge on any atom is -0.481 e. The molecule has 0 unspecified atom stereocenters. The van der Waals surface area contributed by atoms with Gasteiger partial charge in [0.2, 0.25) is 5.91 Å². The van der Waals surface area contributed by atoms with Crippen molar-refractivity contribution in [1.29, 1.82) is 0 Å². The van der Waals surface area contributed by atoms with Crippen LogP contribution in [0.15, 0.2) is 41.8 Å². The Morgan fingerprint density at radius 2 is 1.85 bits per heavy atom. The quantitative estimate of drug-likeness (QED) is 0.247. The lowest BCUT2D eigenvalue weighted by atomic mass is 9.87. The number of nitrogens with zero attached hydrogens (tertiary/aromatic N) is 2. The molecule has 2 saturated heterocycles. The van der Waals surface area contributed by atoms with Crippen LogP contribution < -0.4 is 5.32 Å². The molecule has 2 N–H and O–H groups in total. The number of benzene rings is 2. The van der Waals surface area contributed by atoms with Crippen molar-refractivity contribution in [2.75, 3.05) is 38.2 Å². The second kappa shape index (κ2) is 15.0. The second-order valence-electron chi connectivity index (χ2n) is 12.8. The molecule has 0 radical (unpaired) electrons. The summed E-state index contributed by atoms with van der Waals surface area (Å²) in [6.45, 7) is 5.21. The average Bonchev–Trinajstić information content (AvgIpc) is 3.81. The van der Waals surface area contributed by atoms with Crippen LogP contribution in [-0.4, -0.2) is 89.8 Å². The van der Waals surface area contributed by atoms with Gasteiger partial charge >= 0.3 is 5.97 Å². The second-order valence-corrected chi connectivity index (χ2v) is 14.1. The molecular weight excluding hydrogens is 645 g/mol. The zero-order valence-electron chi connectivity index (χ0n) is 26.5. The Morgan fingerprint density at radius 3 is 2.62 bits per heavy atom. The number of thiophene rings is 1. The van der Waals surface area contributed by atoms with E-state index in [1.807, 2.05) is 36.1 Å². The maximum absolute atomic E-state index is 15.5. The summed E-state index contributed by atoms with van der Waals surface area (Å²) in [5, 5.41) is 14.8. The van der Waals surface area contributed by atoms with Gasteiger partial charge in [-0.2, -0.15) is 0 Å². The third-order valence-corrected chi connectivity index (χ3v) is 11.1. The molecule has 2 aliphatic heterocycles. The molecule has 1 aliphatic carbocycles. The molecule has 3 atom stereocenters. The number of likely N-dealkylation sites (tertiary alicyclic amines) is 2. The highest BCUT2D eigenvalue weighted by atomic mass is 35.5. The van der Waals surface area contributed by atoms with Crippen molar-refractivity contribution in [3.63, 3.8) is 0 Å². The summed E-state index contributed by atoms with van der Waals surface area (Å²) in [6, 6.07) is 10.1. The van der Waals surface area contributed by atoms with E-state index in [9.17, 15) is 19.5 Å². The van der Waals surface area contributed by atoms with Gasteiger partial charge in [0.05, 0.1) is 53.5 Å². The van der Waals surface area contributed by atoms with Crippen LogP contribution in [-0.2, 0) is 25.5 Å². The van der Waals surface area contributed by atoms with Gasteiger partial charge in [-0.25, -0.2) is 4.39 Å². The van der Waals surface area contributed by atoms with Gasteiger partial charge in [-0.1, -0.05) is 29.8 Å². The van der Waals surface area contributed by atoms with E-state index in [0.29, 0.717) is 51.0 Å². The molecule has 1 saturated carbocycles. The van der Waals surface area contributed by atoms with E-state index in [1.54, 1.807) is 5.38 Å². The molecular formula is C35H41ClFN3O6S. The van der Waals surface area contributed by atoms with Gasteiger partial charge in [0, 0.05) is 47.7 Å². The predicted molar refractivity (Wildman–Crippen MR) is 180 cm³/mol. The third kappa shape index (κ3) is 7.81. The summed E-state index contributed by atoms with van der Waals surface area (Å²) in [4.78, 5) is 42.4. The number of carbonyl (C=O) groups is 3. The average molecular weight is 686 g/mol. The Bertz CT molecular complexity index is 1610. The maximum Gasteiger partial charge on any atom is 0.306 e. The van der Waals surface area contributed by atoms with Gasteiger partial charge in [0.25, 0.3) is 5.91 Å². The molecule has 3 aliphatic rings. The van der Waals surface area contributed by atoms with Crippen LogP contribution >= 0.6 is 22.9 Å². The molecule has 3 heterocycles. The van der Waals surface area contributed by atoms with Crippen molar-refractivity contribution in [3.8, 4) is 0 Å². The molecule has 0 spiro atoms. The van der Waals surface area contributed by atoms with Gasteiger partial charge in [-0.15, -0.1) is 11.3 Å². The molecule has 9 nitrogen and oxygen atoms in total. The fraction of sp³-hybridized carbons (Fsp3) is 0.514. The number of carboxylic acid groups (broad SMARTS) is 1. The monoisotopic (exact) mass is 685 g/mol. The Kier molecular flexibility index (Phi) is 10.8. The number of aliphatic carboxylic acids is 1. The fourth-order valence-corrected chi connectivity index (χ4v) is 8.40. The number of carboxylic acids is 1. The molecule has 12 heteroatoms. The van der Waals surface area contributed by atoms with Crippen LogP contribution in [0.1, 0.15) is 61.4 Å². The lowest BCUT2D eigenvalue weighted by Crippen LogP contribution is -2.41. The van der Waals surface area contributed by atoms with Gasteiger partial charge < -0.3 is 24.8 Å². The lowest BCUT2D eigenvalue weighted by Gasteiger charge is -2.30. The van der Waals surface area contributed by atoms with E-state index in [2.05, 4.69) is 10.2 Å². The van der Waals surface area contributed by atoms with E-state index >= 15 is 4.39 Å². The highest BCUT2D eigenvalue weighted by Crippen LogP contribution is 2.33. The minimum atomic E-state index is -0.756. The van der Waals surface area contributed by atoms with Crippen LogP contribution in [0.25, 0.3) is 10.1 Å². The highest BCUT2D eigenvalue weighted by molar-refractivity contribution is 7.17. The summed E-state index contributed by atoms with van der Waals surface area (Å²) in [6.07, 6.45) is 4.17. The van der Waals surface area contributed by atoms with Crippen molar-refractivity contribution in [2.45, 2.75) is 76.2 Å². The molecule has 0 bridgehead atoms. The van der Waals surface area contributed by atoms with Crippen LogP contribution in [0.2, 0.25) is 5.02 Å². The van der Waals surface area contributed by atoms with Crippen LogP contribution in [0.4, 0.5) is 10.1 Å². The summed E-state index contributed by atoms with van der Waals surface area (Å²) in [5.74, 6) is -2.30. The van der Waals surface area contributed by atoms with Gasteiger partial charge in [-0.05, 0) is 69.2 Å². The first kappa shape index (κ1) is 33.8. The molecule has 3 fully saturated rings. The van der Waals surface area contributed by atoms with Crippen molar-refractivity contribution in [3.05, 3.63) is 63.7 Å². The molecule has 252 valence electrons. The normalized spacial score (nSPS) is 25.0. The number of rotatable bonds is 11. The first-order chi connectivity index (χ1) is 22.7. The third-order valence-electron chi connectivity index (χ3n) is 9.81. The number of anilines is 1. The van der Waals surface area contributed by atoms with Crippen molar-refractivity contribution >= 4 is 56.5 Å². The fourth-order valence-electron chi connectivity index (χ4n) is 7.23. The largest absolute Gasteiger partial charge is 0.481 e. The standard InChI is InChI=1S/C35H41ClFN3O6S/c1-2-45-26-11-12-39(18-26)23-15-24(19-46-25-9-7-21(8-10-25)35(43)44)40(17-23)33(41)14-22-13-29(36)31(16-30(22)37)38-34(42)28-20-47-32-6-4-3-5-27(28)32/h3-6,13,16,20-21,23-26H,2,7-12,14-15,17-19H2,1H3,(H,38,42)(H,43,44)/t21-,23-,24-,25-,26+/m0/s1. The maximum atomic E-state index is 15.5. The van der Waals surface area contributed by atoms with E-state index in [4.69, 9.17) is 21.1 Å². The van der Waals surface area contributed by atoms with Crippen LogP contribution in [0, 0.1) is 11.7 Å². The zero-order valence-corrected chi connectivity index (χ0v) is 28.0. The SMILES string of the molecule is CCO[C@@H]1CCN([C@H]2C[C@@H](CO[C@H]3CC[C@H](C(=O)O)CC3)N(C(=O)Cc3cc(Cl)c(NC(=O)c4csc5ccccc45)cc3F)C2)C1. The first-order valence-corrected chi connectivity index (χ1v) is 17.7. The van der Waals surface area contributed by atoms with Gasteiger partial charge in [0.15, 0.2) is 0 Å². The van der Waals surface area contributed by atoms with E-state index in [1.165, 1.54) is 23.5 Å². The molecule has 1 aromatic heterocycles. The zero-order chi connectivity index (χ0) is 33.1. The molecule has 47 heavy (non-hydrogen) atoms. The predicted octanol–water partition coefficient (Wildman–Crippen LogP) is 6.23. The number of hydrogen-bond donors (Lipinski definition) is 2. The Morgan fingerprint density at radius 1 is 1.06 bits per heavy atom. The van der Waals surface area contributed by atoms with Crippen LogP contribution in [0.5, 0.6) is 0 Å². The summed E-state index contributed by atoms with van der Waals surface area (Å²) in [5.41, 5.74) is 0.786. The molecule has 3 aromatic rings. The summed E-state index contributed by atoms with van der Waals surface area (Å²) >= 11 is 7.99. The summed E-state index contributed by atoms with van der Waals surface area (Å²) in [7, 11) is 0. The Balaban J connectivity index is 1.12. The van der Waals surface area contributed by atoms with Crippen LogP contribution in [0.3, 0.4) is 0 Å². The number of fused-ring (bicyclic) bond motifs is 1. The number of hydrogen-bond acceptors (Lipinski definition) is 7. The number of carbonyl (C=O) groups excluding carboxylic acids is 2. The molecule has 2 aromatic carbocycles. The minimum absolute atomic E-state index is 0.0400. The molecule has 2 amide bonds. The molecule has 6 rings (SSSR count). The van der Waals surface area contributed by atoms with Crippen molar-refractivity contribution < 1.29 is 33.4 Å². The van der Waals surface area contributed by atoms with Crippen molar-refractivity contribution in [1.82, 2.24) is 9.80 Å². The van der Waals surface area contributed by atoms with Crippen molar-refractivity contribution in [2.24, 2.45) is 5.92 Å². The number of ether oxygens (including phenoxy) is 2. The topological polar surface area (TPSA) is 108 Å². The smallest absolute Gasteiger partial charge is 0.306 e. The Labute approximate surface area is 283 Å². The number of nitrogens with one attached hydrogen (secondary N) is 1. The number of amides is 2. The van der Waals surface area contributed by atoms with E-state index in [-0.39, 0.29) is 64.7 Å². The van der Waals surface area contributed by atoms with Gasteiger partial charge in [0.1, 0.15) is 5.82 Å². The Hall–Kier alpha value is -3.09. The summed E-state index contributed by atoms with van der Waals surface area (Å²) < 4.78 is 28.6. The van der Waals surface area contributed by atoms with E-state index < -0.39 is 11.8 Å².